The first-order chi connectivity index (χ1) is 9.58. The third-order valence-electron chi connectivity index (χ3n) is 2.70. The molecule has 1 aromatic carbocycles. The van der Waals surface area contributed by atoms with Crippen LogP contribution in [-0.2, 0) is 0 Å². The standard InChI is InChI=1S/C14H16ClN5/c1-3-4-12-18-13(16)20-14(19-12)17-9(2)10-5-7-11(15)8-6-10/h3-9H,1-2H3,(H3,16,17,18,19,20). The summed E-state index contributed by atoms with van der Waals surface area (Å²) in [5.41, 5.74) is 6.75. The minimum Gasteiger partial charge on any atom is -0.368 e. The number of nitrogens with zero attached hydrogens (tertiary/aromatic N) is 3. The zero-order chi connectivity index (χ0) is 14.5. The van der Waals surface area contributed by atoms with Crippen molar-refractivity contribution < 1.29 is 0 Å². The zero-order valence-corrected chi connectivity index (χ0v) is 12.1. The Morgan fingerprint density at radius 3 is 2.55 bits per heavy atom. The van der Waals surface area contributed by atoms with Gasteiger partial charge >= 0.3 is 0 Å². The molecule has 3 N–H and O–H groups in total. The van der Waals surface area contributed by atoms with Gasteiger partial charge in [-0.1, -0.05) is 29.8 Å². The van der Waals surface area contributed by atoms with Gasteiger partial charge < -0.3 is 11.1 Å². The number of hydrogen-bond acceptors (Lipinski definition) is 5. The molecule has 6 heteroatoms. The number of rotatable bonds is 4. The first-order valence-corrected chi connectivity index (χ1v) is 6.62. The van der Waals surface area contributed by atoms with Crippen LogP contribution in [0.2, 0.25) is 5.02 Å². The van der Waals surface area contributed by atoms with Gasteiger partial charge in [-0.3, -0.25) is 0 Å². The molecule has 0 saturated heterocycles. The molecule has 0 aliphatic carbocycles. The van der Waals surface area contributed by atoms with Crippen molar-refractivity contribution in [2.45, 2.75) is 19.9 Å². The zero-order valence-electron chi connectivity index (χ0n) is 11.3. The number of allylic oxidation sites excluding steroid dienone is 1. The van der Waals surface area contributed by atoms with Crippen LogP contribution in [0.5, 0.6) is 0 Å². The van der Waals surface area contributed by atoms with Gasteiger partial charge in [0.15, 0.2) is 5.82 Å². The van der Waals surface area contributed by atoms with Crippen molar-refractivity contribution in [3.05, 3.63) is 46.8 Å². The molecule has 0 aliphatic heterocycles. The van der Waals surface area contributed by atoms with Gasteiger partial charge in [0, 0.05) is 5.02 Å². The van der Waals surface area contributed by atoms with Gasteiger partial charge in [-0.05, 0) is 37.6 Å². The lowest BCUT2D eigenvalue weighted by Crippen LogP contribution is -2.12. The van der Waals surface area contributed by atoms with E-state index in [0.717, 1.165) is 5.56 Å². The van der Waals surface area contributed by atoms with Crippen molar-refractivity contribution in [3.63, 3.8) is 0 Å². The number of anilines is 2. The SMILES string of the molecule is CC=Cc1nc(N)nc(NC(C)c2ccc(Cl)cc2)n1. The predicted molar refractivity (Wildman–Crippen MR) is 82.4 cm³/mol. The van der Waals surface area contributed by atoms with Gasteiger partial charge in [0.25, 0.3) is 0 Å². The van der Waals surface area contributed by atoms with Crippen molar-refractivity contribution in [2.24, 2.45) is 0 Å². The van der Waals surface area contributed by atoms with Gasteiger partial charge in [0.05, 0.1) is 6.04 Å². The number of nitrogens with one attached hydrogen (secondary N) is 1. The van der Waals surface area contributed by atoms with E-state index in [1.165, 1.54) is 0 Å². The van der Waals surface area contributed by atoms with E-state index in [4.69, 9.17) is 17.3 Å². The van der Waals surface area contributed by atoms with Crippen LogP contribution in [0.1, 0.15) is 31.3 Å². The van der Waals surface area contributed by atoms with Crippen LogP contribution < -0.4 is 11.1 Å². The van der Waals surface area contributed by atoms with Gasteiger partial charge in [0.2, 0.25) is 11.9 Å². The smallest absolute Gasteiger partial charge is 0.228 e. The van der Waals surface area contributed by atoms with Crippen molar-refractivity contribution in [3.8, 4) is 0 Å². The molecule has 1 aromatic heterocycles. The lowest BCUT2D eigenvalue weighted by Gasteiger charge is -2.14. The minimum absolute atomic E-state index is 0.0347. The van der Waals surface area contributed by atoms with Crippen LogP contribution in [0, 0.1) is 0 Å². The van der Waals surface area contributed by atoms with E-state index in [-0.39, 0.29) is 12.0 Å². The summed E-state index contributed by atoms with van der Waals surface area (Å²) >= 11 is 5.88. The normalized spacial score (nSPS) is 12.6. The number of halogens is 1. The summed E-state index contributed by atoms with van der Waals surface area (Å²) in [6, 6.07) is 7.64. The van der Waals surface area contributed by atoms with E-state index in [0.29, 0.717) is 16.8 Å². The van der Waals surface area contributed by atoms with E-state index in [9.17, 15) is 0 Å². The molecule has 0 radical (unpaired) electrons. The molecule has 1 heterocycles. The Kier molecular flexibility index (Phi) is 4.53. The molecule has 0 fully saturated rings. The Bertz CT molecular complexity index is 609. The summed E-state index contributed by atoms with van der Waals surface area (Å²) in [6.07, 6.45) is 3.62. The van der Waals surface area contributed by atoms with E-state index in [1.54, 1.807) is 6.08 Å². The highest BCUT2D eigenvalue weighted by atomic mass is 35.5. The first kappa shape index (κ1) is 14.3. The highest BCUT2D eigenvalue weighted by Crippen LogP contribution is 2.19. The van der Waals surface area contributed by atoms with Crippen molar-refractivity contribution >= 4 is 29.6 Å². The van der Waals surface area contributed by atoms with Gasteiger partial charge in [-0.15, -0.1) is 0 Å². The summed E-state index contributed by atoms with van der Waals surface area (Å²) in [6.45, 7) is 3.90. The topological polar surface area (TPSA) is 76.7 Å². The van der Waals surface area contributed by atoms with E-state index >= 15 is 0 Å². The summed E-state index contributed by atoms with van der Waals surface area (Å²) in [5.74, 6) is 1.18. The molecular weight excluding hydrogens is 274 g/mol. The van der Waals surface area contributed by atoms with Crippen molar-refractivity contribution in [1.82, 2.24) is 15.0 Å². The molecule has 0 spiro atoms. The Morgan fingerprint density at radius 2 is 1.90 bits per heavy atom. The maximum absolute atomic E-state index is 5.88. The second-order valence-corrected chi connectivity index (χ2v) is 4.73. The van der Waals surface area contributed by atoms with E-state index in [1.807, 2.05) is 44.2 Å². The average molecular weight is 290 g/mol. The largest absolute Gasteiger partial charge is 0.368 e. The summed E-state index contributed by atoms with van der Waals surface area (Å²) in [4.78, 5) is 12.4. The van der Waals surface area contributed by atoms with Crippen LogP contribution in [0.15, 0.2) is 30.3 Å². The van der Waals surface area contributed by atoms with Crippen LogP contribution in [-0.4, -0.2) is 15.0 Å². The second-order valence-electron chi connectivity index (χ2n) is 4.29. The molecule has 0 amide bonds. The molecule has 2 rings (SSSR count). The highest BCUT2D eigenvalue weighted by Gasteiger charge is 2.08. The molecule has 1 unspecified atom stereocenters. The van der Waals surface area contributed by atoms with Crippen LogP contribution in [0.3, 0.4) is 0 Å². The number of benzene rings is 1. The minimum atomic E-state index is 0.0347. The van der Waals surface area contributed by atoms with E-state index < -0.39 is 0 Å². The Morgan fingerprint density at radius 1 is 1.20 bits per heavy atom. The second kappa shape index (κ2) is 6.34. The fraction of sp³-hybridized carbons (Fsp3) is 0.214. The Balaban J connectivity index is 2.18. The fourth-order valence-corrected chi connectivity index (χ4v) is 1.85. The number of nitrogen functional groups attached to an aromatic ring is 1. The summed E-state index contributed by atoms with van der Waals surface area (Å²) in [7, 11) is 0. The number of nitrogens with two attached hydrogens (primary N) is 1. The highest BCUT2D eigenvalue weighted by molar-refractivity contribution is 6.30. The molecule has 0 saturated carbocycles. The van der Waals surface area contributed by atoms with Gasteiger partial charge in [0.1, 0.15) is 0 Å². The van der Waals surface area contributed by atoms with Crippen LogP contribution >= 0.6 is 11.6 Å². The molecule has 0 bridgehead atoms. The molecule has 2 aromatic rings. The van der Waals surface area contributed by atoms with Crippen LogP contribution in [0.4, 0.5) is 11.9 Å². The lowest BCUT2D eigenvalue weighted by molar-refractivity contribution is 0.853. The van der Waals surface area contributed by atoms with Crippen molar-refractivity contribution in [1.29, 1.82) is 0 Å². The Labute approximate surface area is 122 Å². The lowest BCUT2D eigenvalue weighted by atomic mass is 10.1. The van der Waals surface area contributed by atoms with Crippen molar-refractivity contribution in [2.75, 3.05) is 11.1 Å². The molecule has 5 nitrogen and oxygen atoms in total. The molecule has 20 heavy (non-hydrogen) atoms. The van der Waals surface area contributed by atoms with Gasteiger partial charge in [-0.2, -0.15) is 15.0 Å². The first-order valence-electron chi connectivity index (χ1n) is 6.24. The average Bonchev–Trinajstić information content (AvgIpc) is 2.39. The summed E-state index contributed by atoms with van der Waals surface area (Å²) < 4.78 is 0. The van der Waals surface area contributed by atoms with E-state index in [2.05, 4.69) is 20.3 Å². The maximum Gasteiger partial charge on any atom is 0.228 e. The molecule has 0 aliphatic rings. The number of hydrogen-bond donors (Lipinski definition) is 2. The van der Waals surface area contributed by atoms with Gasteiger partial charge in [-0.25, -0.2) is 0 Å². The third-order valence-corrected chi connectivity index (χ3v) is 2.95. The monoisotopic (exact) mass is 289 g/mol. The summed E-state index contributed by atoms with van der Waals surface area (Å²) in [5, 5.41) is 3.91. The predicted octanol–water partition coefficient (Wildman–Crippen LogP) is 3.31. The third kappa shape index (κ3) is 3.68. The molecule has 1 atom stereocenters. The number of aromatic nitrogens is 3. The molecular formula is C14H16ClN5. The van der Waals surface area contributed by atoms with Crippen LogP contribution in [0.25, 0.3) is 6.08 Å². The quantitative estimate of drug-likeness (QED) is 0.903. The Hall–Kier alpha value is -2.14. The maximum atomic E-state index is 5.88. The fourth-order valence-electron chi connectivity index (χ4n) is 1.73. The molecule has 104 valence electrons.